The second-order valence-electron chi connectivity index (χ2n) is 3.92. The molecule has 88 valence electrons. The molecule has 2 rings (SSSR count). The Labute approximate surface area is 99.6 Å². The number of hydrogen-bond acceptors (Lipinski definition) is 3. The molecule has 2 aromatic heterocycles. The summed E-state index contributed by atoms with van der Waals surface area (Å²) in [7, 11) is 5.87. The van der Waals surface area contributed by atoms with Crippen molar-refractivity contribution in [2.24, 2.45) is 7.05 Å². The predicted octanol–water partition coefficient (Wildman–Crippen LogP) is 1.27. The number of rotatable bonds is 3. The van der Waals surface area contributed by atoms with E-state index in [1.807, 2.05) is 35.5 Å². The molecular formula is C10H16ClN5. The SMILES string of the molecule is CCc1nn(C)c2c1nc(CCl)n2N(C)C. The standard InChI is InChI=1S/C10H16ClN5/c1-5-7-9-10(15(4)13-7)16(14(2)3)8(6-11)12-9/h5-6H2,1-4H3. The topological polar surface area (TPSA) is 38.9 Å². The smallest absolute Gasteiger partial charge is 0.177 e. The van der Waals surface area contributed by atoms with Gasteiger partial charge in [0.1, 0.15) is 11.3 Å². The van der Waals surface area contributed by atoms with Crippen LogP contribution in [-0.2, 0) is 19.3 Å². The Balaban J connectivity index is 2.79. The summed E-state index contributed by atoms with van der Waals surface area (Å²) in [5, 5.41) is 6.42. The quantitative estimate of drug-likeness (QED) is 0.760. The lowest BCUT2D eigenvalue weighted by molar-refractivity contribution is 0.668. The molecule has 0 aliphatic rings. The van der Waals surface area contributed by atoms with Crippen LogP contribution in [0, 0.1) is 0 Å². The van der Waals surface area contributed by atoms with E-state index in [0.29, 0.717) is 5.88 Å². The van der Waals surface area contributed by atoms with Crippen LogP contribution in [-0.4, -0.2) is 33.5 Å². The summed E-state index contributed by atoms with van der Waals surface area (Å²) in [6.07, 6.45) is 0.878. The molecule has 0 aromatic carbocycles. The molecule has 0 aliphatic carbocycles. The van der Waals surface area contributed by atoms with Gasteiger partial charge in [-0.25, -0.2) is 14.3 Å². The van der Waals surface area contributed by atoms with Gasteiger partial charge in [-0.15, -0.1) is 11.6 Å². The summed E-state index contributed by atoms with van der Waals surface area (Å²) in [5.41, 5.74) is 2.97. The number of aromatic nitrogens is 4. The highest BCUT2D eigenvalue weighted by atomic mass is 35.5. The van der Waals surface area contributed by atoms with E-state index in [-0.39, 0.29) is 0 Å². The minimum Gasteiger partial charge on any atom is -0.316 e. The van der Waals surface area contributed by atoms with Gasteiger partial charge < -0.3 is 5.01 Å². The molecule has 0 amide bonds. The van der Waals surface area contributed by atoms with Crippen LogP contribution in [0.4, 0.5) is 0 Å². The molecule has 0 fully saturated rings. The van der Waals surface area contributed by atoms with Crippen LogP contribution >= 0.6 is 11.6 Å². The fraction of sp³-hybridized carbons (Fsp3) is 0.600. The number of fused-ring (bicyclic) bond motifs is 1. The van der Waals surface area contributed by atoms with Gasteiger partial charge in [0.2, 0.25) is 0 Å². The second kappa shape index (κ2) is 3.97. The number of imidazole rings is 1. The third-order valence-corrected chi connectivity index (χ3v) is 2.84. The van der Waals surface area contributed by atoms with Gasteiger partial charge in [-0.1, -0.05) is 6.92 Å². The lowest BCUT2D eigenvalue weighted by Gasteiger charge is -2.17. The Morgan fingerprint density at radius 1 is 1.38 bits per heavy atom. The zero-order chi connectivity index (χ0) is 11.9. The molecule has 5 nitrogen and oxygen atoms in total. The fourth-order valence-electron chi connectivity index (χ4n) is 1.95. The van der Waals surface area contributed by atoms with E-state index in [2.05, 4.69) is 17.0 Å². The summed E-state index contributed by atoms with van der Waals surface area (Å²) in [4.78, 5) is 4.55. The average Bonchev–Trinajstić information content (AvgIpc) is 2.76. The Bertz CT molecular complexity index is 511. The van der Waals surface area contributed by atoms with Crippen molar-refractivity contribution in [1.82, 2.24) is 19.4 Å². The van der Waals surface area contributed by atoms with E-state index in [1.54, 1.807) is 0 Å². The van der Waals surface area contributed by atoms with Gasteiger partial charge >= 0.3 is 0 Å². The van der Waals surface area contributed by atoms with Gasteiger partial charge in [-0.2, -0.15) is 5.10 Å². The van der Waals surface area contributed by atoms with Gasteiger partial charge in [0, 0.05) is 21.1 Å². The largest absolute Gasteiger partial charge is 0.316 e. The highest BCUT2D eigenvalue weighted by Gasteiger charge is 2.18. The first-order chi connectivity index (χ1) is 7.60. The molecule has 0 bridgehead atoms. The maximum Gasteiger partial charge on any atom is 0.177 e. The molecular weight excluding hydrogens is 226 g/mol. The van der Waals surface area contributed by atoms with E-state index in [0.717, 1.165) is 29.1 Å². The van der Waals surface area contributed by atoms with Crippen LogP contribution < -0.4 is 5.01 Å². The highest BCUT2D eigenvalue weighted by Crippen LogP contribution is 2.20. The zero-order valence-corrected chi connectivity index (χ0v) is 10.8. The lowest BCUT2D eigenvalue weighted by Crippen LogP contribution is -2.27. The summed E-state index contributed by atoms with van der Waals surface area (Å²) in [6.45, 7) is 2.08. The third-order valence-electron chi connectivity index (χ3n) is 2.60. The number of aryl methyl sites for hydroxylation is 2. The maximum absolute atomic E-state index is 5.91. The van der Waals surface area contributed by atoms with Gasteiger partial charge in [-0.3, -0.25) is 0 Å². The minimum atomic E-state index is 0.399. The van der Waals surface area contributed by atoms with Gasteiger partial charge in [-0.05, 0) is 6.42 Å². The van der Waals surface area contributed by atoms with E-state index in [4.69, 9.17) is 11.6 Å². The molecule has 16 heavy (non-hydrogen) atoms. The van der Waals surface area contributed by atoms with Crippen molar-refractivity contribution < 1.29 is 0 Å². The number of hydrogen-bond donors (Lipinski definition) is 0. The summed E-state index contributed by atoms with van der Waals surface area (Å²) in [6, 6.07) is 0. The average molecular weight is 242 g/mol. The molecule has 0 N–H and O–H groups in total. The summed E-state index contributed by atoms with van der Waals surface area (Å²) in [5.74, 6) is 1.25. The Morgan fingerprint density at radius 2 is 2.06 bits per heavy atom. The molecule has 2 aromatic rings. The van der Waals surface area contributed by atoms with Crippen molar-refractivity contribution in [2.45, 2.75) is 19.2 Å². The Hall–Kier alpha value is -1.23. The Kier molecular flexibility index (Phi) is 2.80. The van der Waals surface area contributed by atoms with Crippen LogP contribution in [0.3, 0.4) is 0 Å². The maximum atomic E-state index is 5.91. The molecule has 0 atom stereocenters. The van der Waals surface area contributed by atoms with E-state index < -0.39 is 0 Å². The molecule has 6 heteroatoms. The fourth-order valence-corrected chi connectivity index (χ4v) is 2.13. The van der Waals surface area contributed by atoms with Crippen LogP contribution in [0.1, 0.15) is 18.4 Å². The van der Waals surface area contributed by atoms with Crippen molar-refractivity contribution in [2.75, 3.05) is 19.1 Å². The van der Waals surface area contributed by atoms with Crippen LogP contribution in [0.5, 0.6) is 0 Å². The first kappa shape index (κ1) is 11.3. The molecule has 0 radical (unpaired) electrons. The van der Waals surface area contributed by atoms with E-state index >= 15 is 0 Å². The van der Waals surface area contributed by atoms with E-state index in [9.17, 15) is 0 Å². The van der Waals surface area contributed by atoms with Crippen molar-refractivity contribution >= 4 is 22.8 Å². The second-order valence-corrected chi connectivity index (χ2v) is 4.18. The highest BCUT2D eigenvalue weighted by molar-refractivity contribution is 6.16. The predicted molar refractivity (Wildman–Crippen MR) is 65.5 cm³/mol. The normalized spacial score (nSPS) is 11.3. The number of alkyl halides is 1. The lowest BCUT2D eigenvalue weighted by atomic mass is 10.3. The minimum absolute atomic E-state index is 0.399. The van der Waals surface area contributed by atoms with Crippen LogP contribution in [0.15, 0.2) is 0 Å². The van der Waals surface area contributed by atoms with Gasteiger partial charge in [0.25, 0.3) is 0 Å². The third kappa shape index (κ3) is 1.46. The first-order valence-corrected chi connectivity index (χ1v) is 5.80. The number of halogens is 1. The molecule has 0 unspecified atom stereocenters. The molecule has 0 saturated carbocycles. The zero-order valence-electron chi connectivity index (χ0n) is 10.0. The monoisotopic (exact) mass is 241 g/mol. The van der Waals surface area contributed by atoms with Crippen LogP contribution in [0.2, 0.25) is 0 Å². The summed E-state index contributed by atoms with van der Waals surface area (Å²) >= 11 is 5.91. The molecule has 0 saturated heterocycles. The van der Waals surface area contributed by atoms with Gasteiger partial charge in [0.15, 0.2) is 5.65 Å². The van der Waals surface area contributed by atoms with Gasteiger partial charge in [0.05, 0.1) is 11.6 Å². The van der Waals surface area contributed by atoms with E-state index in [1.165, 1.54) is 0 Å². The Morgan fingerprint density at radius 3 is 2.56 bits per heavy atom. The summed E-state index contributed by atoms with van der Waals surface area (Å²) < 4.78 is 3.85. The molecule has 0 aliphatic heterocycles. The number of nitrogens with zero attached hydrogens (tertiary/aromatic N) is 5. The molecule has 2 heterocycles. The van der Waals surface area contributed by atoms with Crippen molar-refractivity contribution in [1.29, 1.82) is 0 Å². The van der Waals surface area contributed by atoms with Crippen molar-refractivity contribution in [3.8, 4) is 0 Å². The van der Waals surface area contributed by atoms with Crippen molar-refractivity contribution in [3.05, 3.63) is 11.5 Å². The first-order valence-electron chi connectivity index (χ1n) is 5.26. The van der Waals surface area contributed by atoms with Crippen molar-refractivity contribution in [3.63, 3.8) is 0 Å². The molecule has 0 spiro atoms. The van der Waals surface area contributed by atoms with Crippen LogP contribution in [0.25, 0.3) is 11.2 Å².